The number of carbonyl (C=O) groups is 1. The zero-order chi connectivity index (χ0) is 14.8. The minimum Gasteiger partial charge on any atom is -0.449 e. The zero-order valence-electron chi connectivity index (χ0n) is 12.9. The summed E-state index contributed by atoms with van der Waals surface area (Å²) in [5.74, 6) is 0.753. The Morgan fingerprint density at radius 1 is 1.50 bits per heavy atom. The van der Waals surface area contributed by atoms with Gasteiger partial charge in [0.1, 0.15) is 0 Å². The number of carbonyl (C=O) groups excluding carboxylic acids is 1. The lowest BCUT2D eigenvalue weighted by Gasteiger charge is -2.40. The van der Waals surface area contributed by atoms with Crippen molar-refractivity contribution in [2.45, 2.75) is 46.5 Å². The molecule has 1 aliphatic heterocycles. The molecular weight excluding hydrogens is 252 g/mol. The van der Waals surface area contributed by atoms with E-state index in [1.807, 2.05) is 0 Å². The predicted octanol–water partition coefficient (Wildman–Crippen LogP) is 3.43. The fourth-order valence-electron chi connectivity index (χ4n) is 3.24. The molecule has 1 amide bonds. The summed E-state index contributed by atoms with van der Waals surface area (Å²) < 4.78 is 5.49. The van der Waals surface area contributed by atoms with Gasteiger partial charge in [-0.2, -0.15) is 5.26 Å². The van der Waals surface area contributed by atoms with Crippen LogP contribution in [0.15, 0.2) is 0 Å². The fourth-order valence-corrected chi connectivity index (χ4v) is 3.24. The first-order valence-electron chi connectivity index (χ1n) is 7.76. The standard InChI is InChI=1S/C16H26N2O2/c1-12(2)14-10-18(8-5-13(14)9-17)15(19)20-11-16(3)6-4-7-16/h12-14H,4-8,10-11H2,1-3H3. The topological polar surface area (TPSA) is 53.3 Å². The van der Waals surface area contributed by atoms with E-state index in [2.05, 4.69) is 26.8 Å². The quantitative estimate of drug-likeness (QED) is 0.794. The Morgan fingerprint density at radius 3 is 2.70 bits per heavy atom. The molecule has 112 valence electrons. The summed E-state index contributed by atoms with van der Waals surface area (Å²) >= 11 is 0. The van der Waals surface area contributed by atoms with E-state index in [0.29, 0.717) is 25.6 Å². The first-order valence-corrected chi connectivity index (χ1v) is 7.76. The van der Waals surface area contributed by atoms with Gasteiger partial charge in [-0.25, -0.2) is 4.79 Å². The molecule has 1 aliphatic carbocycles. The number of hydrogen-bond donors (Lipinski definition) is 0. The summed E-state index contributed by atoms with van der Waals surface area (Å²) in [6.07, 6.45) is 4.14. The number of piperidine rings is 1. The van der Waals surface area contributed by atoms with Crippen LogP contribution in [0.5, 0.6) is 0 Å². The Bertz CT molecular complexity index is 396. The average molecular weight is 278 g/mol. The molecule has 1 saturated heterocycles. The second-order valence-electron chi connectivity index (χ2n) is 7.10. The molecule has 0 radical (unpaired) electrons. The van der Waals surface area contributed by atoms with Crippen LogP contribution < -0.4 is 0 Å². The van der Waals surface area contributed by atoms with Crippen LogP contribution in [0, 0.1) is 34.5 Å². The number of nitrogens with zero attached hydrogens (tertiary/aromatic N) is 2. The molecule has 2 fully saturated rings. The first-order chi connectivity index (χ1) is 9.45. The molecule has 2 unspecified atom stereocenters. The summed E-state index contributed by atoms with van der Waals surface area (Å²) in [6.45, 7) is 8.28. The molecule has 1 saturated carbocycles. The third-order valence-electron chi connectivity index (χ3n) is 5.04. The van der Waals surface area contributed by atoms with Crippen molar-refractivity contribution >= 4 is 6.09 Å². The number of hydrogen-bond acceptors (Lipinski definition) is 3. The molecule has 0 spiro atoms. The third-order valence-corrected chi connectivity index (χ3v) is 5.04. The zero-order valence-corrected chi connectivity index (χ0v) is 12.9. The van der Waals surface area contributed by atoms with Crippen LogP contribution >= 0.6 is 0 Å². The van der Waals surface area contributed by atoms with Gasteiger partial charge in [0.25, 0.3) is 0 Å². The van der Waals surface area contributed by atoms with Gasteiger partial charge in [-0.05, 0) is 31.1 Å². The van der Waals surface area contributed by atoms with Crippen molar-refractivity contribution in [2.75, 3.05) is 19.7 Å². The van der Waals surface area contributed by atoms with Crippen molar-refractivity contribution in [1.82, 2.24) is 4.90 Å². The number of rotatable bonds is 3. The number of likely N-dealkylation sites (tertiary alicyclic amines) is 1. The molecule has 20 heavy (non-hydrogen) atoms. The van der Waals surface area contributed by atoms with Crippen molar-refractivity contribution in [1.29, 1.82) is 5.26 Å². The summed E-state index contributed by atoms with van der Waals surface area (Å²) in [6, 6.07) is 2.39. The molecule has 4 nitrogen and oxygen atoms in total. The Morgan fingerprint density at radius 2 is 2.20 bits per heavy atom. The van der Waals surface area contributed by atoms with Crippen molar-refractivity contribution in [3.8, 4) is 6.07 Å². The third kappa shape index (κ3) is 3.26. The second kappa shape index (κ2) is 6.03. The average Bonchev–Trinajstić information content (AvgIpc) is 2.41. The Labute approximate surface area is 122 Å². The molecule has 2 atom stereocenters. The Kier molecular flexibility index (Phi) is 4.57. The molecule has 0 aromatic rings. The van der Waals surface area contributed by atoms with E-state index < -0.39 is 0 Å². The van der Waals surface area contributed by atoms with Gasteiger partial charge in [-0.3, -0.25) is 0 Å². The molecule has 0 bridgehead atoms. The molecule has 4 heteroatoms. The van der Waals surface area contributed by atoms with Crippen LogP contribution in [-0.4, -0.2) is 30.7 Å². The first kappa shape index (κ1) is 15.2. The Hall–Kier alpha value is -1.24. The Balaban J connectivity index is 1.86. The van der Waals surface area contributed by atoms with Crippen molar-refractivity contribution in [2.24, 2.45) is 23.2 Å². The van der Waals surface area contributed by atoms with Crippen molar-refractivity contribution < 1.29 is 9.53 Å². The van der Waals surface area contributed by atoms with E-state index in [-0.39, 0.29) is 23.3 Å². The molecule has 2 aliphatic rings. The van der Waals surface area contributed by atoms with Gasteiger partial charge in [-0.15, -0.1) is 0 Å². The monoisotopic (exact) mass is 278 g/mol. The maximum Gasteiger partial charge on any atom is 0.409 e. The molecule has 0 N–H and O–H groups in total. The molecule has 1 heterocycles. The van der Waals surface area contributed by atoms with Crippen molar-refractivity contribution in [3.63, 3.8) is 0 Å². The summed E-state index contributed by atoms with van der Waals surface area (Å²) in [4.78, 5) is 14.0. The van der Waals surface area contributed by atoms with Gasteiger partial charge in [0.15, 0.2) is 0 Å². The highest BCUT2D eigenvalue weighted by molar-refractivity contribution is 5.67. The number of amides is 1. The summed E-state index contributed by atoms with van der Waals surface area (Å²) in [7, 11) is 0. The summed E-state index contributed by atoms with van der Waals surface area (Å²) in [5, 5.41) is 9.20. The van der Waals surface area contributed by atoms with E-state index in [9.17, 15) is 10.1 Å². The molecule has 0 aromatic heterocycles. The van der Waals surface area contributed by atoms with Crippen molar-refractivity contribution in [3.05, 3.63) is 0 Å². The van der Waals surface area contributed by atoms with E-state index in [4.69, 9.17) is 4.74 Å². The largest absolute Gasteiger partial charge is 0.449 e. The van der Waals surface area contributed by atoms with Gasteiger partial charge >= 0.3 is 6.09 Å². The van der Waals surface area contributed by atoms with Crippen LogP contribution in [0.4, 0.5) is 4.79 Å². The van der Waals surface area contributed by atoms with Gasteiger partial charge in [0.05, 0.1) is 18.6 Å². The highest BCUT2D eigenvalue weighted by Crippen LogP contribution is 2.40. The second-order valence-corrected chi connectivity index (χ2v) is 7.10. The van der Waals surface area contributed by atoms with E-state index in [1.54, 1.807) is 4.90 Å². The highest BCUT2D eigenvalue weighted by atomic mass is 16.6. The minimum atomic E-state index is -0.194. The maximum atomic E-state index is 12.2. The van der Waals surface area contributed by atoms with Crippen LogP contribution in [0.25, 0.3) is 0 Å². The van der Waals surface area contributed by atoms with E-state index >= 15 is 0 Å². The van der Waals surface area contributed by atoms with Crippen LogP contribution in [-0.2, 0) is 4.74 Å². The summed E-state index contributed by atoms with van der Waals surface area (Å²) in [5.41, 5.74) is 0.206. The lowest BCUT2D eigenvalue weighted by Crippen LogP contribution is -2.46. The lowest BCUT2D eigenvalue weighted by molar-refractivity contribution is 0.0130. The van der Waals surface area contributed by atoms with Crippen LogP contribution in [0.3, 0.4) is 0 Å². The smallest absolute Gasteiger partial charge is 0.409 e. The van der Waals surface area contributed by atoms with E-state index in [1.165, 1.54) is 6.42 Å². The van der Waals surface area contributed by atoms with Gasteiger partial charge in [0, 0.05) is 18.5 Å². The number of nitriles is 1. The SMILES string of the molecule is CC(C)C1CN(C(=O)OCC2(C)CCC2)CCC1C#N. The lowest BCUT2D eigenvalue weighted by atomic mass is 9.71. The molecular formula is C16H26N2O2. The predicted molar refractivity (Wildman–Crippen MR) is 76.9 cm³/mol. The molecule has 0 aromatic carbocycles. The van der Waals surface area contributed by atoms with Gasteiger partial charge in [0.2, 0.25) is 0 Å². The maximum absolute atomic E-state index is 12.2. The minimum absolute atomic E-state index is 0.0724. The number of ether oxygens (including phenoxy) is 1. The molecule has 2 rings (SSSR count). The van der Waals surface area contributed by atoms with Crippen LogP contribution in [0.1, 0.15) is 46.5 Å². The highest BCUT2D eigenvalue weighted by Gasteiger charge is 2.36. The van der Waals surface area contributed by atoms with Crippen LogP contribution in [0.2, 0.25) is 0 Å². The van der Waals surface area contributed by atoms with Gasteiger partial charge < -0.3 is 9.64 Å². The fraction of sp³-hybridized carbons (Fsp3) is 0.875. The van der Waals surface area contributed by atoms with E-state index in [0.717, 1.165) is 19.3 Å². The normalized spacial score (nSPS) is 28.6. The van der Waals surface area contributed by atoms with Gasteiger partial charge in [-0.1, -0.05) is 27.2 Å².